The van der Waals surface area contributed by atoms with E-state index in [0.29, 0.717) is 37.3 Å². The van der Waals surface area contributed by atoms with E-state index in [-0.39, 0.29) is 69.5 Å². The molecular weight excluding hydrogens is 670 g/mol. The Morgan fingerprint density at radius 2 is 2.02 bits per heavy atom. The molecule has 0 aliphatic carbocycles. The molecule has 8 rings (SSSR count). The zero-order valence-corrected chi connectivity index (χ0v) is 26.9. The summed E-state index contributed by atoms with van der Waals surface area (Å²) in [4.78, 5) is 12.7. The van der Waals surface area contributed by atoms with Crippen molar-refractivity contribution in [3.05, 3.63) is 58.4 Å². The Bertz CT molecular complexity index is 2210. The second-order valence-corrected chi connectivity index (χ2v) is 13.9. The van der Waals surface area contributed by atoms with Gasteiger partial charge in [-0.05, 0) is 49.1 Å². The number of halogens is 6. The maximum atomic E-state index is 17.1. The lowest BCUT2D eigenvalue weighted by molar-refractivity contribution is -0.137. The number of alkyl halides is 4. The fraction of sp³-hybridized carbons (Fsp3) is 0.394. The molecule has 2 unspecified atom stereocenters. The summed E-state index contributed by atoms with van der Waals surface area (Å²) < 4.78 is 99.0. The van der Waals surface area contributed by atoms with E-state index in [1.54, 1.807) is 22.8 Å². The van der Waals surface area contributed by atoms with Crippen molar-refractivity contribution < 1.29 is 31.1 Å². The van der Waals surface area contributed by atoms with Crippen LogP contribution >= 0.6 is 11.3 Å². The molecule has 2 atom stereocenters. The smallest absolute Gasteiger partial charge is 0.417 e. The maximum absolute atomic E-state index is 17.1. The van der Waals surface area contributed by atoms with Crippen molar-refractivity contribution in [2.75, 3.05) is 36.9 Å². The van der Waals surface area contributed by atoms with Gasteiger partial charge in [0, 0.05) is 42.9 Å². The van der Waals surface area contributed by atoms with Crippen LogP contribution in [0.4, 0.5) is 37.2 Å². The number of anilines is 2. The number of benzene rings is 2. The Morgan fingerprint density at radius 3 is 2.80 bits per heavy atom. The lowest BCUT2D eigenvalue weighted by Crippen LogP contribution is -2.43. The van der Waals surface area contributed by atoms with E-state index in [4.69, 9.17) is 10.5 Å². The molecule has 2 aromatic carbocycles. The quantitative estimate of drug-likeness (QED) is 0.207. The van der Waals surface area contributed by atoms with Gasteiger partial charge in [0.2, 0.25) is 0 Å². The van der Waals surface area contributed by atoms with Gasteiger partial charge < -0.3 is 15.4 Å². The number of rotatable bonds is 5. The molecule has 254 valence electrons. The van der Waals surface area contributed by atoms with Gasteiger partial charge in [0.25, 0.3) is 0 Å². The lowest BCUT2D eigenvalue weighted by atomic mass is 9.92. The number of nitrogens with zero attached hydrogens (tertiary/aromatic N) is 7. The number of hydrogen-bond acceptors (Lipinski definition) is 9. The van der Waals surface area contributed by atoms with Crippen molar-refractivity contribution in [1.29, 1.82) is 5.26 Å². The summed E-state index contributed by atoms with van der Waals surface area (Å²) in [6.45, 7) is 1.56. The molecule has 0 radical (unpaired) electrons. The monoisotopic (exact) mass is 698 g/mol. The fourth-order valence-corrected chi connectivity index (χ4v) is 8.71. The van der Waals surface area contributed by atoms with E-state index in [2.05, 4.69) is 15.1 Å². The van der Waals surface area contributed by atoms with Crippen LogP contribution in [0.2, 0.25) is 0 Å². The molecular formula is C33H28F6N8OS. The van der Waals surface area contributed by atoms with Gasteiger partial charge in [-0.2, -0.15) is 33.5 Å². The number of nitrogens with two attached hydrogens (primary N) is 1. The van der Waals surface area contributed by atoms with Gasteiger partial charge in [0.1, 0.15) is 41.0 Å². The topological polar surface area (TPSA) is 109 Å². The Labute approximate surface area is 279 Å². The summed E-state index contributed by atoms with van der Waals surface area (Å²) in [7, 11) is 1.76. The zero-order chi connectivity index (χ0) is 34.4. The van der Waals surface area contributed by atoms with Crippen LogP contribution < -0.4 is 15.4 Å². The van der Waals surface area contributed by atoms with Crippen LogP contribution in [-0.4, -0.2) is 62.6 Å². The van der Waals surface area contributed by atoms with Crippen molar-refractivity contribution in [3.8, 4) is 23.2 Å². The van der Waals surface area contributed by atoms with Gasteiger partial charge in [0.05, 0.1) is 39.8 Å². The van der Waals surface area contributed by atoms with Crippen LogP contribution in [0.15, 0.2) is 24.4 Å². The molecule has 0 spiro atoms. The Balaban J connectivity index is 1.35. The molecule has 0 bridgehead atoms. The molecule has 0 amide bonds. The van der Waals surface area contributed by atoms with Gasteiger partial charge in [-0.1, -0.05) is 6.07 Å². The van der Waals surface area contributed by atoms with Crippen LogP contribution in [0, 0.1) is 23.0 Å². The van der Waals surface area contributed by atoms with Crippen molar-refractivity contribution >= 4 is 43.1 Å². The molecule has 2 saturated heterocycles. The fourth-order valence-electron chi connectivity index (χ4n) is 7.76. The molecule has 9 nitrogen and oxygen atoms in total. The van der Waals surface area contributed by atoms with Gasteiger partial charge >= 0.3 is 12.2 Å². The number of fused-ring (bicyclic) bond motifs is 4. The molecule has 3 aliphatic rings. The first-order chi connectivity index (χ1) is 23.4. The molecule has 2 N–H and O–H groups in total. The van der Waals surface area contributed by atoms with E-state index >= 15 is 4.39 Å². The molecule has 0 saturated carbocycles. The van der Waals surface area contributed by atoms with Crippen LogP contribution in [0.1, 0.15) is 41.6 Å². The Hall–Kier alpha value is -4.62. The number of aromatic nitrogens is 4. The standard InChI is InChI=1S/C33H28F6N8OS/c1-45-23-14-46(8-5-16(23)12-42-45)30-19-9-21(33(37,38)39)25(18-3-4-22(35)28-24(18)20(11-40)29(41)49-28)26(36)27(19)43-31(44-30)48-15-32-6-2-7-47(32)13-17(34)10-32/h3-4,9,12,17H,2,5-8,10,13-15,41H2,1H3. The third-order valence-electron chi connectivity index (χ3n) is 10.1. The van der Waals surface area contributed by atoms with Gasteiger partial charge in [-0.15, -0.1) is 11.3 Å². The average Bonchev–Trinajstić information content (AvgIpc) is 3.80. The highest BCUT2D eigenvalue weighted by molar-refractivity contribution is 7.23. The SMILES string of the molecule is Cn1ncc2c1CN(c1nc(OCC34CCCN3CC(F)C4)nc3c(F)c(-c4ccc(F)c5sc(N)c(C#N)c45)c(C(F)(F)F)cc13)CC2. The highest BCUT2D eigenvalue weighted by atomic mass is 32.1. The molecule has 2 fully saturated rings. The van der Waals surface area contributed by atoms with Crippen LogP contribution in [-0.2, 0) is 26.2 Å². The van der Waals surface area contributed by atoms with Crippen LogP contribution in [0.3, 0.4) is 0 Å². The third kappa shape index (κ3) is 4.96. The Morgan fingerprint density at radius 1 is 1.20 bits per heavy atom. The first-order valence-corrected chi connectivity index (χ1v) is 16.5. The zero-order valence-electron chi connectivity index (χ0n) is 26.0. The summed E-state index contributed by atoms with van der Waals surface area (Å²) in [5.74, 6) is -2.13. The lowest BCUT2D eigenvalue weighted by Gasteiger charge is -2.32. The Kier molecular flexibility index (Phi) is 7.24. The van der Waals surface area contributed by atoms with Crippen molar-refractivity contribution in [3.63, 3.8) is 0 Å². The first-order valence-electron chi connectivity index (χ1n) is 15.7. The van der Waals surface area contributed by atoms with E-state index in [0.717, 1.165) is 35.9 Å². The number of ether oxygens (including phenoxy) is 1. The largest absolute Gasteiger partial charge is 0.461 e. The minimum Gasteiger partial charge on any atom is -0.461 e. The summed E-state index contributed by atoms with van der Waals surface area (Å²) >= 11 is 0.694. The summed E-state index contributed by atoms with van der Waals surface area (Å²) in [5, 5.41) is 13.6. The van der Waals surface area contributed by atoms with Crippen molar-refractivity contribution in [2.45, 2.75) is 50.1 Å². The van der Waals surface area contributed by atoms with Crippen molar-refractivity contribution in [2.24, 2.45) is 7.05 Å². The van der Waals surface area contributed by atoms with E-state index in [1.165, 1.54) is 0 Å². The second kappa shape index (κ2) is 11.2. The van der Waals surface area contributed by atoms with Gasteiger partial charge in [-0.25, -0.2) is 13.2 Å². The van der Waals surface area contributed by atoms with Gasteiger partial charge in [-0.3, -0.25) is 9.58 Å². The predicted molar refractivity (Wildman–Crippen MR) is 171 cm³/mol. The minimum atomic E-state index is -5.08. The summed E-state index contributed by atoms with van der Waals surface area (Å²) in [6, 6.07) is 4.29. The number of thiophene rings is 1. The van der Waals surface area contributed by atoms with Gasteiger partial charge in [0.15, 0.2) is 5.82 Å². The summed E-state index contributed by atoms with van der Waals surface area (Å²) in [5.41, 5.74) is 3.85. The summed E-state index contributed by atoms with van der Waals surface area (Å²) in [6.07, 6.45) is -2.09. The van der Waals surface area contributed by atoms with E-state index in [9.17, 15) is 27.2 Å². The average molecular weight is 699 g/mol. The molecule has 16 heteroatoms. The van der Waals surface area contributed by atoms with Crippen molar-refractivity contribution in [1.82, 2.24) is 24.6 Å². The third-order valence-corrected chi connectivity index (χ3v) is 11.1. The number of nitrogen functional groups attached to an aromatic ring is 1. The highest BCUT2D eigenvalue weighted by Gasteiger charge is 2.49. The molecule has 3 aromatic heterocycles. The first kappa shape index (κ1) is 31.6. The highest BCUT2D eigenvalue weighted by Crippen LogP contribution is 2.48. The number of hydrogen-bond donors (Lipinski definition) is 1. The molecule has 6 heterocycles. The molecule has 49 heavy (non-hydrogen) atoms. The molecule has 5 aromatic rings. The normalized spacial score (nSPS) is 21.0. The second-order valence-electron chi connectivity index (χ2n) is 12.9. The van der Waals surface area contributed by atoms with Crippen LogP contribution in [0.25, 0.3) is 32.1 Å². The number of nitriles is 1. The van der Waals surface area contributed by atoms with E-state index < -0.39 is 46.2 Å². The minimum absolute atomic E-state index is 0.0116. The van der Waals surface area contributed by atoms with Crippen LogP contribution in [0.5, 0.6) is 6.01 Å². The molecule has 3 aliphatic heterocycles. The maximum Gasteiger partial charge on any atom is 0.417 e. The predicted octanol–water partition coefficient (Wildman–Crippen LogP) is 6.51. The van der Waals surface area contributed by atoms with E-state index in [1.807, 2.05) is 11.0 Å². The number of aryl methyl sites for hydroxylation is 1.